The summed E-state index contributed by atoms with van der Waals surface area (Å²) in [5.74, 6) is 0. The number of nitrogens with zero attached hydrogens (tertiary/aromatic N) is 2. The van der Waals surface area contributed by atoms with Crippen LogP contribution in [-0.4, -0.2) is 11.9 Å². The fourth-order valence-electron chi connectivity index (χ4n) is 3.27. The van der Waals surface area contributed by atoms with E-state index in [1.54, 1.807) is 0 Å². The summed E-state index contributed by atoms with van der Waals surface area (Å²) in [5, 5.41) is 1.03. The number of hydrogen-bond acceptors (Lipinski definition) is 2. The maximum Gasteiger partial charge on any atom is 0.0699 e. The third kappa shape index (κ3) is 3.42. The molecule has 2 nitrogen and oxygen atoms in total. The minimum atomic E-state index is 0.962. The highest BCUT2D eigenvalue weighted by Gasteiger charge is 2.28. The zero-order valence-electron chi connectivity index (χ0n) is 14.4. The molecule has 0 saturated heterocycles. The van der Waals surface area contributed by atoms with Crippen molar-refractivity contribution in [3.05, 3.63) is 91.3 Å². The first-order valence-electron chi connectivity index (χ1n) is 8.58. The number of anilines is 3. The van der Waals surface area contributed by atoms with Crippen molar-refractivity contribution in [1.29, 1.82) is 0 Å². The maximum absolute atomic E-state index is 4.08. The molecule has 128 valence electrons. The Kier molecular flexibility index (Phi) is 5.77. The molecule has 0 spiro atoms. The maximum atomic E-state index is 4.08. The van der Waals surface area contributed by atoms with Crippen molar-refractivity contribution in [3.8, 4) is 0 Å². The highest BCUT2D eigenvalue weighted by Crippen LogP contribution is 2.44. The summed E-state index contributed by atoms with van der Waals surface area (Å²) in [6.07, 6.45) is 6.13. The van der Waals surface area contributed by atoms with Gasteiger partial charge in [-0.1, -0.05) is 59.4 Å². The number of halogens is 1. The molecule has 0 aromatic heterocycles. The van der Waals surface area contributed by atoms with Crippen molar-refractivity contribution >= 4 is 33.0 Å². The number of hydrogen-bond donors (Lipinski definition) is 0. The SMILES string of the molecule is C=CC1=C(C=C)N(c2ccccc2)c2ccccc2N1CCCCBr. The highest BCUT2D eigenvalue weighted by molar-refractivity contribution is 9.09. The molecule has 2 aromatic rings. The minimum Gasteiger partial charge on any atom is -0.338 e. The molecule has 0 aliphatic carbocycles. The minimum absolute atomic E-state index is 0.962. The molecule has 1 aliphatic rings. The van der Waals surface area contributed by atoms with Crippen LogP contribution in [0.25, 0.3) is 0 Å². The molecule has 3 rings (SSSR count). The van der Waals surface area contributed by atoms with E-state index in [-0.39, 0.29) is 0 Å². The summed E-state index contributed by atoms with van der Waals surface area (Å²) in [7, 11) is 0. The van der Waals surface area contributed by atoms with Crippen LogP contribution in [0.2, 0.25) is 0 Å². The standard InChI is InChI=1S/C22H23BrN2/c1-3-19-20(4-2)25(18-12-6-5-7-13-18)22-15-9-8-14-21(22)24(19)17-11-10-16-23/h3-9,12-15H,1-2,10-11,16-17H2. The van der Waals surface area contributed by atoms with E-state index >= 15 is 0 Å². The Bertz CT molecular complexity index is 780. The number of benzene rings is 2. The Balaban J connectivity index is 2.15. The molecular formula is C22H23BrN2. The number of fused-ring (bicyclic) bond motifs is 1. The second kappa shape index (κ2) is 8.21. The Morgan fingerprint density at radius 2 is 1.44 bits per heavy atom. The van der Waals surface area contributed by atoms with Crippen LogP contribution < -0.4 is 9.80 Å². The summed E-state index contributed by atoms with van der Waals surface area (Å²) in [6.45, 7) is 9.12. The van der Waals surface area contributed by atoms with Crippen molar-refractivity contribution in [2.24, 2.45) is 0 Å². The van der Waals surface area contributed by atoms with Crippen molar-refractivity contribution in [1.82, 2.24) is 0 Å². The fraction of sp³-hybridized carbons (Fsp3) is 0.182. The van der Waals surface area contributed by atoms with Crippen LogP contribution in [0.15, 0.2) is 91.3 Å². The van der Waals surface area contributed by atoms with Gasteiger partial charge in [-0.15, -0.1) is 0 Å². The Morgan fingerprint density at radius 1 is 0.800 bits per heavy atom. The molecule has 0 bridgehead atoms. The van der Waals surface area contributed by atoms with Gasteiger partial charge in [0.15, 0.2) is 0 Å². The van der Waals surface area contributed by atoms with Crippen LogP contribution in [0.1, 0.15) is 12.8 Å². The molecule has 2 aromatic carbocycles. The number of allylic oxidation sites excluding steroid dienone is 2. The summed E-state index contributed by atoms with van der Waals surface area (Å²) in [5.41, 5.74) is 5.68. The normalized spacial score (nSPS) is 13.6. The van der Waals surface area contributed by atoms with E-state index in [0.717, 1.165) is 41.8 Å². The molecule has 0 saturated carbocycles. The zero-order chi connectivity index (χ0) is 17.6. The van der Waals surface area contributed by atoms with Crippen LogP contribution in [0.4, 0.5) is 17.1 Å². The van der Waals surface area contributed by atoms with E-state index in [9.17, 15) is 0 Å². The first-order chi connectivity index (χ1) is 12.3. The quantitative estimate of drug-likeness (QED) is 0.395. The largest absolute Gasteiger partial charge is 0.338 e. The van der Waals surface area contributed by atoms with E-state index in [2.05, 4.69) is 87.4 Å². The molecule has 0 radical (unpaired) electrons. The van der Waals surface area contributed by atoms with Gasteiger partial charge in [0.2, 0.25) is 0 Å². The number of alkyl halides is 1. The van der Waals surface area contributed by atoms with E-state index in [4.69, 9.17) is 0 Å². The summed E-state index contributed by atoms with van der Waals surface area (Å²) in [4.78, 5) is 4.63. The Labute approximate surface area is 158 Å². The molecule has 1 heterocycles. The Hall–Kier alpha value is -2.26. The fourth-order valence-corrected chi connectivity index (χ4v) is 3.66. The van der Waals surface area contributed by atoms with E-state index in [0.29, 0.717) is 0 Å². The second-order valence-corrected chi connectivity index (χ2v) is 6.68. The number of unbranched alkanes of at least 4 members (excludes halogenated alkanes) is 1. The zero-order valence-corrected chi connectivity index (χ0v) is 16.0. The van der Waals surface area contributed by atoms with Crippen LogP contribution >= 0.6 is 15.9 Å². The van der Waals surface area contributed by atoms with Gasteiger partial charge in [0.05, 0.1) is 22.8 Å². The van der Waals surface area contributed by atoms with Gasteiger partial charge in [0.25, 0.3) is 0 Å². The molecule has 0 amide bonds. The van der Waals surface area contributed by atoms with Crippen LogP contribution in [-0.2, 0) is 0 Å². The summed E-state index contributed by atoms with van der Waals surface area (Å²) in [6, 6.07) is 19.0. The smallest absolute Gasteiger partial charge is 0.0699 e. The third-order valence-electron chi connectivity index (χ3n) is 4.37. The molecule has 0 N–H and O–H groups in total. The van der Waals surface area contributed by atoms with Gasteiger partial charge in [-0.2, -0.15) is 0 Å². The Morgan fingerprint density at radius 3 is 2.08 bits per heavy atom. The van der Waals surface area contributed by atoms with E-state index in [1.165, 1.54) is 11.4 Å². The third-order valence-corrected chi connectivity index (χ3v) is 4.93. The van der Waals surface area contributed by atoms with Gasteiger partial charge >= 0.3 is 0 Å². The van der Waals surface area contributed by atoms with Gasteiger partial charge < -0.3 is 9.80 Å². The molecule has 0 fully saturated rings. The summed E-state index contributed by atoms with van der Waals surface area (Å²) < 4.78 is 0. The lowest BCUT2D eigenvalue weighted by Gasteiger charge is -2.40. The van der Waals surface area contributed by atoms with Crippen LogP contribution in [0, 0.1) is 0 Å². The first kappa shape index (κ1) is 17.6. The monoisotopic (exact) mass is 394 g/mol. The number of rotatable bonds is 7. The van der Waals surface area contributed by atoms with Crippen LogP contribution in [0.3, 0.4) is 0 Å². The van der Waals surface area contributed by atoms with Crippen molar-refractivity contribution in [2.75, 3.05) is 21.7 Å². The van der Waals surface area contributed by atoms with Crippen molar-refractivity contribution in [2.45, 2.75) is 12.8 Å². The lowest BCUT2D eigenvalue weighted by atomic mass is 10.1. The van der Waals surface area contributed by atoms with Crippen molar-refractivity contribution < 1.29 is 0 Å². The topological polar surface area (TPSA) is 6.48 Å². The van der Waals surface area contributed by atoms with Crippen molar-refractivity contribution in [3.63, 3.8) is 0 Å². The predicted molar refractivity (Wildman–Crippen MR) is 113 cm³/mol. The van der Waals surface area contributed by atoms with E-state index in [1.807, 2.05) is 18.2 Å². The average Bonchev–Trinajstić information content (AvgIpc) is 2.67. The lowest BCUT2D eigenvalue weighted by Crippen LogP contribution is -2.33. The van der Waals surface area contributed by atoms with E-state index < -0.39 is 0 Å². The van der Waals surface area contributed by atoms with Gasteiger partial charge in [-0.05, 0) is 49.3 Å². The summed E-state index contributed by atoms with van der Waals surface area (Å²) >= 11 is 3.53. The van der Waals surface area contributed by atoms with Crippen LogP contribution in [0.5, 0.6) is 0 Å². The van der Waals surface area contributed by atoms with Gasteiger partial charge in [0.1, 0.15) is 0 Å². The molecule has 0 unspecified atom stereocenters. The lowest BCUT2D eigenvalue weighted by molar-refractivity contribution is 0.771. The van der Waals surface area contributed by atoms with Gasteiger partial charge in [-0.25, -0.2) is 0 Å². The predicted octanol–water partition coefficient (Wildman–Crippen LogP) is 6.40. The van der Waals surface area contributed by atoms with Gasteiger partial charge in [0, 0.05) is 17.6 Å². The highest BCUT2D eigenvalue weighted by atomic mass is 79.9. The molecule has 0 atom stereocenters. The average molecular weight is 395 g/mol. The molecule has 1 aliphatic heterocycles. The first-order valence-corrected chi connectivity index (χ1v) is 9.70. The second-order valence-electron chi connectivity index (χ2n) is 5.89. The molecule has 25 heavy (non-hydrogen) atoms. The number of para-hydroxylation sites is 3. The van der Waals surface area contributed by atoms with Gasteiger partial charge in [-0.3, -0.25) is 0 Å². The molecule has 3 heteroatoms. The molecular weight excluding hydrogens is 372 g/mol.